The summed E-state index contributed by atoms with van der Waals surface area (Å²) in [6.07, 6.45) is 0. The first-order valence-corrected chi connectivity index (χ1v) is 7.69. The van der Waals surface area contributed by atoms with Gasteiger partial charge in [-0.2, -0.15) is 0 Å². The first-order chi connectivity index (χ1) is 10.3. The van der Waals surface area contributed by atoms with Crippen LogP contribution in [-0.4, -0.2) is 56.7 Å². The molecule has 5 nitrogen and oxygen atoms in total. The zero-order chi connectivity index (χ0) is 14.9. The van der Waals surface area contributed by atoms with Crippen molar-refractivity contribution in [1.29, 1.82) is 0 Å². The highest BCUT2D eigenvalue weighted by atomic mass is 79.9. The molecule has 0 radical (unpaired) electrons. The molecule has 1 fully saturated rings. The van der Waals surface area contributed by atoms with Gasteiger partial charge in [-0.25, -0.2) is 4.79 Å². The Hall–Kier alpha value is -0.950. The molecule has 1 aliphatic rings. The van der Waals surface area contributed by atoms with E-state index in [9.17, 15) is 4.79 Å². The molecule has 0 aliphatic carbocycles. The standard InChI is InChI=1S/C16H25N3O2.BrH/c1-2-21-16(20)15-5-3-14(4-6-15)13-19-11-9-17-7-8-18-10-12-19;/h3-6,17-18H,2,7-13H2,1H3;1H. The van der Waals surface area contributed by atoms with Crippen molar-refractivity contribution in [2.24, 2.45) is 0 Å². The first kappa shape index (κ1) is 19.1. The van der Waals surface area contributed by atoms with E-state index in [0.29, 0.717) is 12.2 Å². The molecule has 1 saturated heterocycles. The van der Waals surface area contributed by atoms with Gasteiger partial charge in [0.25, 0.3) is 0 Å². The average molecular weight is 372 g/mol. The second kappa shape index (κ2) is 10.7. The van der Waals surface area contributed by atoms with Gasteiger partial charge in [-0.15, -0.1) is 17.0 Å². The lowest BCUT2D eigenvalue weighted by atomic mass is 10.1. The number of benzene rings is 1. The van der Waals surface area contributed by atoms with Crippen molar-refractivity contribution in [2.45, 2.75) is 13.5 Å². The van der Waals surface area contributed by atoms with Crippen LogP contribution < -0.4 is 10.6 Å². The molecule has 1 heterocycles. The Balaban J connectivity index is 0.00000242. The predicted molar refractivity (Wildman–Crippen MR) is 93.7 cm³/mol. The molecule has 124 valence electrons. The molecule has 0 bridgehead atoms. The summed E-state index contributed by atoms with van der Waals surface area (Å²) in [5.41, 5.74) is 1.84. The molecule has 0 amide bonds. The molecule has 0 unspecified atom stereocenters. The molecule has 2 N–H and O–H groups in total. The van der Waals surface area contributed by atoms with Crippen molar-refractivity contribution < 1.29 is 9.53 Å². The number of halogens is 1. The third-order valence-electron chi connectivity index (χ3n) is 3.56. The van der Waals surface area contributed by atoms with Crippen LogP contribution in [0.15, 0.2) is 24.3 Å². The number of hydrogen-bond donors (Lipinski definition) is 2. The van der Waals surface area contributed by atoms with E-state index in [0.717, 1.165) is 45.8 Å². The highest BCUT2D eigenvalue weighted by Gasteiger charge is 2.09. The maximum atomic E-state index is 11.6. The number of nitrogens with zero attached hydrogens (tertiary/aromatic N) is 1. The zero-order valence-electron chi connectivity index (χ0n) is 13.1. The van der Waals surface area contributed by atoms with Gasteiger partial charge in [-0.05, 0) is 24.6 Å². The third-order valence-corrected chi connectivity index (χ3v) is 3.56. The lowest BCUT2D eigenvalue weighted by Gasteiger charge is -2.21. The molecular formula is C16H26BrN3O2. The number of rotatable bonds is 4. The molecule has 22 heavy (non-hydrogen) atoms. The zero-order valence-corrected chi connectivity index (χ0v) is 14.9. The van der Waals surface area contributed by atoms with Crippen LogP contribution in [0.4, 0.5) is 0 Å². The van der Waals surface area contributed by atoms with Crippen LogP contribution in [0.25, 0.3) is 0 Å². The number of carbonyl (C=O) groups excluding carboxylic acids is 1. The molecule has 1 aliphatic heterocycles. The van der Waals surface area contributed by atoms with Crippen LogP contribution in [0.3, 0.4) is 0 Å². The summed E-state index contributed by atoms with van der Waals surface area (Å²) < 4.78 is 5.00. The van der Waals surface area contributed by atoms with Crippen molar-refractivity contribution in [2.75, 3.05) is 45.9 Å². The number of nitrogens with one attached hydrogen (secondary N) is 2. The summed E-state index contributed by atoms with van der Waals surface area (Å²) in [7, 11) is 0. The normalized spacial score (nSPS) is 16.8. The molecule has 1 aromatic rings. The second-order valence-electron chi connectivity index (χ2n) is 5.19. The maximum Gasteiger partial charge on any atom is 0.338 e. The average Bonchev–Trinajstić information content (AvgIpc) is 2.62. The minimum absolute atomic E-state index is 0. The molecular weight excluding hydrogens is 346 g/mol. The van der Waals surface area contributed by atoms with E-state index in [1.165, 1.54) is 5.56 Å². The fourth-order valence-corrected chi connectivity index (χ4v) is 2.39. The maximum absolute atomic E-state index is 11.6. The van der Waals surface area contributed by atoms with Crippen LogP contribution in [0.1, 0.15) is 22.8 Å². The van der Waals surface area contributed by atoms with Crippen molar-refractivity contribution in [3.8, 4) is 0 Å². The van der Waals surface area contributed by atoms with E-state index in [2.05, 4.69) is 15.5 Å². The van der Waals surface area contributed by atoms with Gasteiger partial charge >= 0.3 is 5.97 Å². The second-order valence-corrected chi connectivity index (χ2v) is 5.19. The van der Waals surface area contributed by atoms with Gasteiger partial charge in [0.05, 0.1) is 12.2 Å². The molecule has 0 aromatic heterocycles. The van der Waals surface area contributed by atoms with Gasteiger partial charge in [0.1, 0.15) is 0 Å². The largest absolute Gasteiger partial charge is 0.462 e. The first-order valence-electron chi connectivity index (χ1n) is 7.69. The van der Waals surface area contributed by atoms with E-state index in [1.807, 2.05) is 31.2 Å². The van der Waals surface area contributed by atoms with Gasteiger partial charge < -0.3 is 15.4 Å². The molecule has 0 atom stereocenters. The lowest BCUT2D eigenvalue weighted by molar-refractivity contribution is 0.0526. The van der Waals surface area contributed by atoms with Gasteiger partial charge in [-0.3, -0.25) is 4.90 Å². The fraction of sp³-hybridized carbons (Fsp3) is 0.562. The number of esters is 1. The molecule has 2 rings (SSSR count). The summed E-state index contributed by atoms with van der Waals surface area (Å²) >= 11 is 0. The van der Waals surface area contributed by atoms with E-state index >= 15 is 0 Å². The minimum Gasteiger partial charge on any atom is -0.462 e. The number of hydrogen-bond acceptors (Lipinski definition) is 5. The Labute approximate surface area is 143 Å². The van der Waals surface area contributed by atoms with E-state index in [4.69, 9.17) is 4.74 Å². The summed E-state index contributed by atoms with van der Waals surface area (Å²) in [6, 6.07) is 7.72. The quantitative estimate of drug-likeness (QED) is 0.784. The van der Waals surface area contributed by atoms with Crippen molar-refractivity contribution in [3.63, 3.8) is 0 Å². The van der Waals surface area contributed by atoms with Gasteiger partial charge in [0.15, 0.2) is 0 Å². The summed E-state index contributed by atoms with van der Waals surface area (Å²) in [5.74, 6) is -0.250. The topological polar surface area (TPSA) is 53.6 Å². The molecule has 1 aromatic carbocycles. The highest BCUT2D eigenvalue weighted by Crippen LogP contribution is 2.09. The summed E-state index contributed by atoms with van der Waals surface area (Å²) in [4.78, 5) is 14.0. The van der Waals surface area contributed by atoms with E-state index in [-0.39, 0.29) is 23.0 Å². The molecule has 6 heteroatoms. The summed E-state index contributed by atoms with van der Waals surface area (Å²) in [6.45, 7) is 9.32. The Morgan fingerprint density at radius 2 is 1.68 bits per heavy atom. The Morgan fingerprint density at radius 1 is 1.09 bits per heavy atom. The lowest BCUT2D eigenvalue weighted by Crippen LogP contribution is -2.33. The van der Waals surface area contributed by atoms with Crippen molar-refractivity contribution >= 4 is 23.0 Å². The van der Waals surface area contributed by atoms with Crippen LogP contribution in [0.5, 0.6) is 0 Å². The van der Waals surface area contributed by atoms with Crippen LogP contribution in [0, 0.1) is 0 Å². The van der Waals surface area contributed by atoms with Crippen molar-refractivity contribution in [3.05, 3.63) is 35.4 Å². The van der Waals surface area contributed by atoms with Crippen LogP contribution >= 0.6 is 17.0 Å². The van der Waals surface area contributed by atoms with Crippen LogP contribution in [0.2, 0.25) is 0 Å². The van der Waals surface area contributed by atoms with Crippen LogP contribution in [-0.2, 0) is 11.3 Å². The Kier molecular flexibility index (Phi) is 9.31. The Morgan fingerprint density at radius 3 is 2.23 bits per heavy atom. The van der Waals surface area contributed by atoms with E-state index < -0.39 is 0 Å². The van der Waals surface area contributed by atoms with Gasteiger partial charge in [0, 0.05) is 45.8 Å². The van der Waals surface area contributed by atoms with E-state index in [1.54, 1.807) is 0 Å². The summed E-state index contributed by atoms with van der Waals surface area (Å²) in [5, 5.41) is 6.83. The minimum atomic E-state index is -0.250. The SMILES string of the molecule is Br.CCOC(=O)c1ccc(CN2CCNCCNCC2)cc1. The van der Waals surface area contributed by atoms with Gasteiger partial charge in [0.2, 0.25) is 0 Å². The Bertz CT molecular complexity index is 430. The van der Waals surface area contributed by atoms with Crippen molar-refractivity contribution in [1.82, 2.24) is 15.5 Å². The smallest absolute Gasteiger partial charge is 0.338 e. The third kappa shape index (κ3) is 6.44. The predicted octanol–water partition coefficient (Wildman–Crippen LogP) is 1.44. The molecule has 0 spiro atoms. The van der Waals surface area contributed by atoms with Gasteiger partial charge in [-0.1, -0.05) is 12.1 Å². The number of ether oxygens (including phenoxy) is 1. The fourth-order valence-electron chi connectivity index (χ4n) is 2.39. The monoisotopic (exact) mass is 371 g/mol. The highest BCUT2D eigenvalue weighted by molar-refractivity contribution is 8.93. The molecule has 0 saturated carbocycles. The number of carbonyl (C=O) groups is 1.